The van der Waals surface area contributed by atoms with Gasteiger partial charge < -0.3 is 5.32 Å². The van der Waals surface area contributed by atoms with Crippen molar-refractivity contribution >= 4 is 23.1 Å². The third-order valence-electron chi connectivity index (χ3n) is 2.42. The van der Waals surface area contributed by atoms with Crippen LogP contribution in [0.1, 0.15) is 18.9 Å². The Morgan fingerprint density at radius 1 is 1.18 bits per heavy atom. The van der Waals surface area contributed by atoms with Gasteiger partial charge in [-0.15, -0.1) is 11.3 Å². The number of thiophene rings is 1. The first-order valence-electron chi connectivity index (χ1n) is 5.90. The van der Waals surface area contributed by atoms with Crippen molar-refractivity contribution in [3.63, 3.8) is 0 Å². The molecule has 3 heteroatoms. The standard InChI is InChI=1S/C14H17NS2/c1-2-9-15-11-12-6-3-4-7-13(12)17-14-8-5-10-16-14/h3-8,10,15H,2,9,11H2,1H3. The van der Waals surface area contributed by atoms with E-state index in [2.05, 4.69) is 54.0 Å². The molecule has 2 rings (SSSR count). The van der Waals surface area contributed by atoms with E-state index in [1.807, 2.05) is 11.8 Å². The van der Waals surface area contributed by atoms with E-state index in [0.717, 1.165) is 13.1 Å². The third kappa shape index (κ3) is 3.87. The maximum Gasteiger partial charge on any atom is 0.0646 e. The topological polar surface area (TPSA) is 12.0 Å². The van der Waals surface area contributed by atoms with Crippen LogP contribution >= 0.6 is 23.1 Å². The predicted molar refractivity (Wildman–Crippen MR) is 76.9 cm³/mol. The van der Waals surface area contributed by atoms with Gasteiger partial charge in [-0.05, 0) is 36.0 Å². The molecular formula is C14H17NS2. The Labute approximate surface area is 111 Å². The highest BCUT2D eigenvalue weighted by molar-refractivity contribution is 8.01. The van der Waals surface area contributed by atoms with Crippen LogP contribution in [0, 0.1) is 0 Å². The summed E-state index contributed by atoms with van der Waals surface area (Å²) >= 11 is 3.65. The Morgan fingerprint density at radius 2 is 2.06 bits per heavy atom. The second kappa shape index (κ2) is 6.84. The summed E-state index contributed by atoms with van der Waals surface area (Å²) in [5.41, 5.74) is 1.39. The van der Waals surface area contributed by atoms with Gasteiger partial charge in [0.2, 0.25) is 0 Å². The molecule has 0 aliphatic rings. The second-order valence-corrected chi connectivity index (χ2v) is 6.11. The van der Waals surface area contributed by atoms with Crippen molar-refractivity contribution in [2.75, 3.05) is 6.54 Å². The highest BCUT2D eigenvalue weighted by atomic mass is 32.2. The summed E-state index contributed by atoms with van der Waals surface area (Å²) in [7, 11) is 0. The molecule has 2 aromatic rings. The molecule has 0 fully saturated rings. The van der Waals surface area contributed by atoms with E-state index < -0.39 is 0 Å². The van der Waals surface area contributed by atoms with Gasteiger partial charge in [0, 0.05) is 11.4 Å². The first-order chi connectivity index (χ1) is 8.40. The average molecular weight is 263 g/mol. The van der Waals surface area contributed by atoms with Crippen molar-refractivity contribution < 1.29 is 0 Å². The molecule has 1 N–H and O–H groups in total. The molecule has 0 spiro atoms. The van der Waals surface area contributed by atoms with Gasteiger partial charge in [-0.25, -0.2) is 0 Å². The molecular weight excluding hydrogens is 246 g/mol. The van der Waals surface area contributed by atoms with E-state index >= 15 is 0 Å². The van der Waals surface area contributed by atoms with Gasteiger partial charge >= 0.3 is 0 Å². The van der Waals surface area contributed by atoms with E-state index in [1.54, 1.807) is 11.3 Å². The lowest BCUT2D eigenvalue weighted by Crippen LogP contribution is -2.14. The summed E-state index contributed by atoms with van der Waals surface area (Å²) in [6, 6.07) is 12.9. The molecule has 0 amide bonds. The van der Waals surface area contributed by atoms with Gasteiger partial charge in [-0.1, -0.05) is 43.0 Å². The molecule has 0 atom stereocenters. The molecule has 0 unspecified atom stereocenters. The number of rotatable bonds is 6. The van der Waals surface area contributed by atoms with Crippen LogP contribution in [-0.2, 0) is 6.54 Å². The monoisotopic (exact) mass is 263 g/mol. The maximum atomic E-state index is 3.46. The zero-order valence-corrected chi connectivity index (χ0v) is 11.6. The molecule has 0 aliphatic heterocycles. The first-order valence-corrected chi connectivity index (χ1v) is 7.59. The highest BCUT2D eigenvalue weighted by Crippen LogP contribution is 2.33. The van der Waals surface area contributed by atoms with Crippen LogP contribution in [0.15, 0.2) is 50.9 Å². The van der Waals surface area contributed by atoms with E-state index in [-0.39, 0.29) is 0 Å². The molecule has 0 saturated heterocycles. The number of hydrogen-bond donors (Lipinski definition) is 1. The van der Waals surface area contributed by atoms with E-state index in [4.69, 9.17) is 0 Å². The minimum absolute atomic E-state index is 0.961. The molecule has 17 heavy (non-hydrogen) atoms. The average Bonchev–Trinajstić information content (AvgIpc) is 2.84. The molecule has 1 heterocycles. The van der Waals surface area contributed by atoms with Crippen LogP contribution < -0.4 is 5.32 Å². The van der Waals surface area contributed by atoms with Crippen molar-refractivity contribution in [1.29, 1.82) is 0 Å². The maximum absolute atomic E-state index is 3.46. The predicted octanol–water partition coefficient (Wildman–Crippen LogP) is 4.40. The van der Waals surface area contributed by atoms with Gasteiger partial charge in [0.15, 0.2) is 0 Å². The van der Waals surface area contributed by atoms with Crippen molar-refractivity contribution in [2.24, 2.45) is 0 Å². The molecule has 0 radical (unpaired) electrons. The quantitative estimate of drug-likeness (QED) is 0.775. The Morgan fingerprint density at radius 3 is 2.82 bits per heavy atom. The summed E-state index contributed by atoms with van der Waals surface area (Å²) in [6.07, 6.45) is 1.18. The van der Waals surface area contributed by atoms with Crippen LogP contribution in [0.2, 0.25) is 0 Å². The van der Waals surface area contributed by atoms with Gasteiger partial charge in [-0.2, -0.15) is 0 Å². The first kappa shape index (κ1) is 12.7. The Kier molecular flexibility index (Phi) is 5.10. The summed E-state index contributed by atoms with van der Waals surface area (Å²) in [6.45, 7) is 4.24. The minimum atomic E-state index is 0.961. The normalized spacial score (nSPS) is 10.6. The molecule has 0 bridgehead atoms. The summed E-state index contributed by atoms with van der Waals surface area (Å²) in [4.78, 5) is 1.36. The lowest BCUT2D eigenvalue weighted by molar-refractivity contribution is 0.669. The zero-order valence-electron chi connectivity index (χ0n) is 9.98. The van der Waals surface area contributed by atoms with Crippen LogP contribution in [-0.4, -0.2) is 6.54 Å². The summed E-state index contributed by atoms with van der Waals surface area (Å²) in [5.74, 6) is 0. The van der Waals surface area contributed by atoms with E-state index in [0.29, 0.717) is 0 Å². The number of hydrogen-bond acceptors (Lipinski definition) is 3. The lowest BCUT2D eigenvalue weighted by atomic mass is 10.2. The van der Waals surface area contributed by atoms with Crippen molar-refractivity contribution in [3.8, 4) is 0 Å². The lowest BCUT2D eigenvalue weighted by Gasteiger charge is -2.08. The minimum Gasteiger partial charge on any atom is -0.313 e. The van der Waals surface area contributed by atoms with Crippen molar-refractivity contribution in [2.45, 2.75) is 29.0 Å². The number of benzene rings is 1. The molecule has 1 aromatic carbocycles. The van der Waals surface area contributed by atoms with Gasteiger partial charge in [0.25, 0.3) is 0 Å². The number of nitrogens with one attached hydrogen (secondary N) is 1. The SMILES string of the molecule is CCCNCc1ccccc1Sc1cccs1. The smallest absolute Gasteiger partial charge is 0.0646 e. The molecule has 0 saturated carbocycles. The fourth-order valence-electron chi connectivity index (χ4n) is 1.58. The van der Waals surface area contributed by atoms with Crippen molar-refractivity contribution in [1.82, 2.24) is 5.32 Å². The highest BCUT2D eigenvalue weighted by Gasteiger charge is 2.03. The summed E-state index contributed by atoms with van der Waals surface area (Å²) in [5, 5.41) is 5.59. The van der Waals surface area contributed by atoms with E-state index in [9.17, 15) is 0 Å². The van der Waals surface area contributed by atoms with E-state index in [1.165, 1.54) is 21.1 Å². The Bertz CT molecular complexity index is 437. The van der Waals surface area contributed by atoms with Crippen molar-refractivity contribution in [3.05, 3.63) is 47.3 Å². The molecule has 1 aromatic heterocycles. The second-order valence-electron chi connectivity index (χ2n) is 3.82. The van der Waals surface area contributed by atoms with Crippen LogP contribution in [0.4, 0.5) is 0 Å². The van der Waals surface area contributed by atoms with Gasteiger partial charge in [-0.3, -0.25) is 0 Å². The fourth-order valence-corrected chi connectivity index (χ4v) is 3.44. The third-order valence-corrected chi connectivity index (χ3v) is 4.58. The Hall–Kier alpha value is -0.770. The molecule has 90 valence electrons. The van der Waals surface area contributed by atoms with Gasteiger partial charge in [0.05, 0.1) is 4.21 Å². The molecule has 0 aliphatic carbocycles. The Balaban J connectivity index is 2.05. The van der Waals surface area contributed by atoms with Gasteiger partial charge in [0.1, 0.15) is 0 Å². The van der Waals surface area contributed by atoms with Crippen LogP contribution in [0.25, 0.3) is 0 Å². The van der Waals surface area contributed by atoms with Crippen LogP contribution in [0.5, 0.6) is 0 Å². The zero-order chi connectivity index (χ0) is 11.9. The summed E-state index contributed by atoms with van der Waals surface area (Å²) < 4.78 is 1.35. The van der Waals surface area contributed by atoms with Crippen LogP contribution in [0.3, 0.4) is 0 Å². The largest absolute Gasteiger partial charge is 0.313 e. The fraction of sp³-hybridized carbons (Fsp3) is 0.286. The molecule has 1 nitrogen and oxygen atoms in total.